The van der Waals surface area contributed by atoms with E-state index in [1.165, 1.54) is 0 Å². The van der Waals surface area contributed by atoms with Gasteiger partial charge in [0.2, 0.25) is 0 Å². The molecule has 0 spiro atoms. The van der Waals surface area contributed by atoms with Gasteiger partial charge in [-0.1, -0.05) is 34.7 Å². The Morgan fingerprint density at radius 1 is 1.39 bits per heavy atom. The van der Waals surface area contributed by atoms with Crippen molar-refractivity contribution in [3.05, 3.63) is 30.0 Å². The lowest BCUT2D eigenvalue weighted by atomic mass is 10.1. The van der Waals surface area contributed by atoms with E-state index in [1.54, 1.807) is 0 Å². The third-order valence-electron chi connectivity index (χ3n) is 2.99. The molecule has 0 unspecified atom stereocenters. The van der Waals surface area contributed by atoms with E-state index in [9.17, 15) is 4.79 Å². The molecule has 18 heavy (non-hydrogen) atoms. The Hall–Kier alpha value is -1.11. The van der Waals surface area contributed by atoms with Crippen LogP contribution in [0.3, 0.4) is 0 Å². The number of halogens is 1. The lowest BCUT2D eigenvalue weighted by Crippen LogP contribution is -2.30. The van der Waals surface area contributed by atoms with Gasteiger partial charge in [0.1, 0.15) is 5.52 Å². The van der Waals surface area contributed by atoms with Crippen LogP contribution in [0.5, 0.6) is 0 Å². The van der Waals surface area contributed by atoms with Gasteiger partial charge in [0.05, 0.1) is 10.1 Å². The quantitative estimate of drug-likeness (QED) is 0.624. The molecule has 5 heteroatoms. The molecule has 0 N–H and O–H groups in total. The molecule has 0 atom stereocenters. The van der Waals surface area contributed by atoms with E-state index < -0.39 is 0 Å². The van der Waals surface area contributed by atoms with E-state index in [0.717, 1.165) is 28.5 Å². The lowest BCUT2D eigenvalue weighted by molar-refractivity contribution is 0.0774. The van der Waals surface area contributed by atoms with Crippen molar-refractivity contribution < 1.29 is 4.79 Å². The van der Waals surface area contributed by atoms with Gasteiger partial charge in [-0.15, -0.1) is 0 Å². The maximum atomic E-state index is 12.4. The minimum atomic E-state index is 0.0595. The van der Waals surface area contributed by atoms with Gasteiger partial charge in [0.25, 0.3) is 5.91 Å². The molecule has 1 aromatic carbocycles. The average Bonchev–Trinajstić information content (AvgIpc) is 2.82. The number of hydrogen-bond acceptors (Lipinski definition) is 2. The van der Waals surface area contributed by atoms with Gasteiger partial charge >= 0.3 is 0 Å². The number of carbonyl (C=O) groups excluding carboxylic acids is 1. The molecule has 0 saturated heterocycles. The molecule has 0 aliphatic rings. The largest absolute Gasteiger partial charge is 0.339 e. The minimum absolute atomic E-state index is 0.0595. The molecule has 1 aromatic heterocycles. The Morgan fingerprint density at radius 3 is 2.72 bits per heavy atom. The zero-order chi connectivity index (χ0) is 13.1. The monoisotopic (exact) mass is 357 g/mol. The zero-order valence-corrected chi connectivity index (χ0v) is 12.7. The van der Waals surface area contributed by atoms with E-state index in [2.05, 4.69) is 27.7 Å². The first-order valence-electron chi connectivity index (χ1n) is 6.02. The van der Waals surface area contributed by atoms with Gasteiger partial charge in [0.15, 0.2) is 0 Å². The normalized spacial score (nSPS) is 10.8. The highest BCUT2D eigenvalue weighted by molar-refractivity contribution is 14.1. The smallest absolute Gasteiger partial charge is 0.256 e. The molecule has 1 heterocycles. The fourth-order valence-corrected chi connectivity index (χ4v) is 2.36. The second-order valence-electron chi connectivity index (χ2n) is 4.01. The average molecular weight is 357 g/mol. The van der Waals surface area contributed by atoms with Gasteiger partial charge < -0.3 is 4.90 Å². The molecule has 0 radical (unpaired) electrons. The summed E-state index contributed by atoms with van der Waals surface area (Å²) >= 11 is 2.25. The number of nitrogens with zero attached hydrogens (tertiary/aromatic N) is 3. The van der Waals surface area contributed by atoms with Crippen molar-refractivity contribution in [1.29, 1.82) is 0 Å². The van der Waals surface area contributed by atoms with Crippen molar-refractivity contribution in [2.45, 2.75) is 18.4 Å². The first-order chi connectivity index (χ1) is 8.71. The summed E-state index contributed by atoms with van der Waals surface area (Å²) < 4.78 is 2.63. The fourth-order valence-electron chi connectivity index (χ4n) is 2.01. The number of alkyl halides is 1. The van der Waals surface area contributed by atoms with Gasteiger partial charge in [-0.2, -0.15) is 5.10 Å². The first-order valence-corrected chi connectivity index (χ1v) is 7.55. The van der Waals surface area contributed by atoms with E-state index in [1.807, 2.05) is 47.8 Å². The van der Waals surface area contributed by atoms with Crippen molar-refractivity contribution in [3.63, 3.8) is 0 Å². The molecule has 0 aliphatic carbocycles. The highest BCUT2D eigenvalue weighted by atomic mass is 127. The first kappa shape index (κ1) is 13.3. The van der Waals surface area contributed by atoms with Gasteiger partial charge in [-0.05, 0) is 19.9 Å². The van der Waals surface area contributed by atoms with Crippen LogP contribution in [0.2, 0.25) is 0 Å². The maximum Gasteiger partial charge on any atom is 0.256 e. The van der Waals surface area contributed by atoms with Crippen molar-refractivity contribution in [2.75, 3.05) is 13.1 Å². The Morgan fingerprint density at radius 2 is 2.11 bits per heavy atom. The minimum Gasteiger partial charge on any atom is -0.339 e. The van der Waals surface area contributed by atoms with Crippen molar-refractivity contribution in [2.24, 2.45) is 0 Å². The number of fused-ring (bicyclic) bond motifs is 1. The summed E-state index contributed by atoms with van der Waals surface area (Å²) in [5, 5.41) is 5.48. The highest BCUT2D eigenvalue weighted by Crippen LogP contribution is 2.19. The number of carbonyl (C=O) groups is 1. The number of rotatable bonds is 4. The number of aromatic nitrogens is 2. The third kappa shape index (κ3) is 2.36. The van der Waals surface area contributed by atoms with E-state index in [-0.39, 0.29) is 5.91 Å². The summed E-state index contributed by atoms with van der Waals surface area (Å²) in [5.41, 5.74) is 1.49. The van der Waals surface area contributed by atoms with Crippen LogP contribution < -0.4 is 0 Å². The topological polar surface area (TPSA) is 38.1 Å². The van der Waals surface area contributed by atoms with Crippen LogP contribution in [0.4, 0.5) is 0 Å². The maximum absolute atomic E-state index is 12.4. The van der Waals surface area contributed by atoms with Gasteiger partial charge in [0, 0.05) is 24.7 Å². The second kappa shape index (κ2) is 5.69. The second-order valence-corrected chi connectivity index (χ2v) is 4.69. The van der Waals surface area contributed by atoms with Crippen LogP contribution in [0.25, 0.3) is 10.9 Å². The Labute approximate surface area is 120 Å². The molecule has 0 saturated carbocycles. The zero-order valence-electron chi connectivity index (χ0n) is 10.6. The van der Waals surface area contributed by atoms with Gasteiger partial charge in [-0.3, -0.25) is 9.48 Å². The van der Waals surface area contributed by atoms with Crippen molar-refractivity contribution in [1.82, 2.24) is 14.7 Å². The molecule has 0 fully saturated rings. The molecule has 2 aromatic rings. The Bertz CT molecular complexity index is 560. The fraction of sp³-hybridized carbons (Fsp3) is 0.385. The Balaban J connectivity index is 2.50. The van der Waals surface area contributed by atoms with E-state index in [0.29, 0.717) is 5.56 Å². The summed E-state index contributed by atoms with van der Waals surface area (Å²) in [6, 6.07) is 5.76. The molecule has 2 rings (SSSR count). The van der Waals surface area contributed by atoms with Crippen LogP contribution in [-0.2, 0) is 4.55 Å². The number of benzene rings is 1. The molecule has 96 valence electrons. The van der Waals surface area contributed by atoms with Crippen LogP contribution >= 0.6 is 22.6 Å². The van der Waals surface area contributed by atoms with E-state index >= 15 is 0 Å². The molecule has 1 amide bonds. The summed E-state index contributed by atoms with van der Waals surface area (Å²) in [6.07, 6.45) is 1.97. The standard InChI is InChI=1S/C13H16IN3O/c1-3-16(4-2)13(18)11-7-5-6-10-8-17(9-14)15-12(10)11/h5-8H,3-4,9H2,1-2H3. The molecule has 0 bridgehead atoms. The lowest BCUT2D eigenvalue weighted by Gasteiger charge is -2.18. The highest BCUT2D eigenvalue weighted by Gasteiger charge is 2.17. The van der Waals surface area contributed by atoms with Gasteiger partial charge in [-0.25, -0.2) is 0 Å². The summed E-state index contributed by atoms with van der Waals surface area (Å²) in [6.45, 7) is 5.42. The molecular weight excluding hydrogens is 341 g/mol. The molecular formula is C13H16IN3O. The number of hydrogen-bond donors (Lipinski definition) is 0. The van der Waals surface area contributed by atoms with Crippen LogP contribution in [0.15, 0.2) is 24.4 Å². The Kier molecular flexibility index (Phi) is 4.21. The summed E-state index contributed by atoms with van der Waals surface area (Å²) in [5.74, 6) is 0.0595. The van der Waals surface area contributed by atoms with Crippen LogP contribution in [-0.4, -0.2) is 33.7 Å². The van der Waals surface area contributed by atoms with E-state index in [4.69, 9.17) is 0 Å². The van der Waals surface area contributed by atoms with Crippen LogP contribution in [0.1, 0.15) is 24.2 Å². The van der Waals surface area contributed by atoms with Crippen molar-refractivity contribution >= 4 is 39.4 Å². The molecule has 4 nitrogen and oxygen atoms in total. The van der Waals surface area contributed by atoms with Crippen LogP contribution in [0, 0.1) is 0 Å². The summed E-state index contributed by atoms with van der Waals surface area (Å²) in [4.78, 5) is 14.2. The number of amides is 1. The predicted molar refractivity (Wildman–Crippen MR) is 81.0 cm³/mol. The van der Waals surface area contributed by atoms with Crippen molar-refractivity contribution in [3.8, 4) is 0 Å². The summed E-state index contributed by atoms with van der Waals surface area (Å²) in [7, 11) is 0. The SMILES string of the molecule is CCN(CC)C(=O)c1cccc2cn(CI)nc12. The molecule has 0 aliphatic heterocycles. The predicted octanol–water partition coefficient (Wildman–Crippen LogP) is 2.91. The third-order valence-corrected chi connectivity index (χ3v) is 3.69.